The number of hydrogen-bond donors (Lipinski definition) is 3. The number of urea groups is 1. The summed E-state index contributed by atoms with van der Waals surface area (Å²) in [6.45, 7) is -0.295. The number of thioether (sulfide) groups is 1. The molecule has 2 heterocycles. The van der Waals surface area contributed by atoms with Crippen molar-refractivity contribution in [3.63, 3.8) is 0 Å². The van der Waals surface area contributed by atoms with Gasteiger partial charge in [-0.25, -0.2) is 4.79 Å². The molecule has 2 saturated heterocycles. The number of phosphoric ester groups is 1. The number of amides is 2. The molecule has 5 unspecified atom stereocenters. The predicted octanol–water partition coefficient (Wildman–Crippen LogP) is 2.11. The number of fused-ring (bicyclic) bond motifs is 1. The van der Waals surface area contributed by atoms with Crippen LogP contribution in [0.15, 0.2) is 0 Å². The van der Waals surface area contributed by atoms with E-state index in [0.29, 0.717) is 30.3 Å². The van der Waals surface area contributed by atoms with E-state index in [0.717, 1.165) is 57.8 Å². The molecule has 2 amide bonds. The number of ketones is 1. The molecule has 2 fully saturated rings. The molecular weight excluding hydrogens is 431 g/mol. The highest BCUT2D eigenvalue weighted by Crippen LogP contribution is 2.37. The van der Waals surface area contributed by atoms with Crippen LogP contribution in [0.5, 0.6) is 0 Å². The molecule has 0 aliphatic carbocycles. The standard InChI is InChI=1S/C19H35N2O7PS/c1-27-29(25,26)28-12-15(23)10-5-3-2-4-8-14(22)9-6-7-11-17-18-16(13-30-17)20-19(24)21-18/h15-18,23H,2-13H2,1H3,(H,25,26)(H2,20,21,24)/p-1. The number of carbonyl (C=O) groups excluding carboxylic acids is 2. The van der Waals surface area contributed by atoms with Gasteiger partial charge in [-0.1, -0.05) is 25.7 Å². The molecule has 2 rings (SSSR count). The second kappa shape index (κ2) is 13.0. The Labute approximate surface area is 182 Å². The van der Waals surface area contributed by atoms with Gasteiger partial charge < -0.3 is 29.7 Å². The average molecular weight is 466 g/mol. The van der Waals surface area contributed by atoms with Crippen molar-refractivity contribution in [2.24, 2.45) is 0 Å². The number of phosphoric acid groups is 1. The number of hydrogen-bond acceptors (Lipinski definition) is 8. The predicted molar refractivity (Wildman–Crippen MR) is 113 cm³/mol. The zero-order chi connectivity index (χ0) is 22.0. The molecule has 5 atom stereocenters. The van der Waals surface area contributed by atoms with Gasteiger partial charge in [0.15, 0.2) is 0 Å². The van der Waals surface area contributed by atoms with Crippen molar-refractivity contribution in [1.82, 2.24) is 10.6 Å². The summed E-state index contributed by atoms with van der Waals surface area (Å²) in [6.07, 6.45) is 7.11. The molecule has 0 spiro atoms. The highest BCUT2D eigenvalue weighted by atomic mass is 32.2. The Morgan fingerprint density at radius 2 is 1.93 bits per heavy atom. The van der Waals surface area contributed by atoms with Gasteiger partial charge in [-0.2, -0.15) is 11.8 Å². The van der Waals surface area contributed by atoms with Crippen molar-refractivity contribution in [1.29, 1.82) is 0 Å². The van der Waals surface area contributed by atoms with Gasteiger partial charge in [0.05, 0.1) is 24.8 Å². The highest BCUT2D eigenvalue weighted by Gasteiger charge is 2.42. The highest BCUT2D eigenvalue weighted by molar-refractivity contribution is 8.00. The van der Waals surface area contributed by atoms with Crippen LogP contribution in [0, 0.1) is 0 Å². The average Bonchev–Trinajstić information content (AvgIpc) is 3.25. The zero-order valence-electron chi connectivity index (χ0n) is 17.5. The number of rotatable bonds is 16. The third-order valence-corrected chi connectivity index (χ3v) is 7.95. The van der Waals surface area contributed by atoms with Crippen LogP contribution in [0.3, 0.4) is 0 Å². The van der Waals surface area contributed by atoms with Crippen molar-refractivity contribution >= 4 is 31.4 Å². The number of Topliss-reactive ketones (excluding diaryl/α,β-unsaturated/α-hetero) is 1. The summed E-state index contributed by atoms with van der Waals surface area (Å²) in [7, 11) is -3.27. The van der Waals surface area contributed by atoms with Crippen molar-refractivity contribution in [2.45, 2.75) is 87.6 Å². The van der Waals surface area contributed by atoms with Crippen LogP contribution in [0.1, 0.15) is 64.2 Å². The Morgan fingerprint density at radius 1 is 1.23 bits per heavy atom. The Bertz CT molecular complexity index is 609. The van der Waals surface area contributed by atoms with Gasteiger partial charge in [0.1, 0.15) is 5.78 Å². The van der Waals surface area contributed by atoms with E-state index in [1.807, 2.05) is 11.8 Å². The third-order valence-electron chi connectivity index (χ3n) is 5.52. The van der Waals surface area contributed by atoms with E-state index in [9.17, 15) is 24.2 Å². The Morgan fingerprint density at radius 3 is 2.67 bits per heavy atom. The lowest BCUT2D eigenvalue weighted by atomic mass is 10.0. The molecule has 0 aromatic carbocycles. The molecule has 2 aliphatic rings. The second-order valence-corrected chi connectivity index (χ2v) is 10.7. The van der Waals surface area contributed by atoms with E-state index in [-0.39, 0.29) is 24.7 Å². The molecule has 3 N–H and O–H groups in total. The Kier molecular flexibility index (Phi) is 11.1. The molecular formula is C19H34N2O7PS-. The second-order valence-electron chi connectivity index (χ2n) is 7.94. The van der Waals surface area contributed by atoms with Crippen LogP contribution in [0.2, 0.25) is 0 Å². The van der Waals surface area contributed by atoms with Gasteiger partial charge >= 0.3 is 6.03 Å². The molecule has 0 bridgehead atoms. The van der Waals surface area contributed by atoms with Gasteiger partial charge in [0, 0.05) is 31.0 Å². The first-order valence-corrected chi connectivity index (χ1v) is 13.2. The van der Waals surface area contributed by atoms with Gasteiger partial charge in [-0.15, -0.1) is 0 Å². The van der Waals surface area contributed by atoms with Gasteiger partial charge in [-0.05, 0) is 25.7 Å². The topological polar surface area (TPSA) is 137 Å². The maximum atomic E-state index is 12.0. The summed E-state index contributed by atoms with van der Waals surface area (Å²) in [4.78, 5) is 34.4. The van der Waals surface area contributed by atoms with Gasteiger partial charge in [0.25, 0.3) is 7.82 Å². The summed E-state index contributed by atoms with van der Waals surface area (Å²) in [6, 6.07) is 0.419. The molecule has 0 saturated carbocycles. The van der Waals surface area contributed by atoms with E-state index in [4.69, 9.17) is 0 Å². The summed E-state index contributed by atoms with van der Waals surface area (Å²) >= 11 is 1.90. The number of nitrogens with one attached hydrogen (secondary N) is 2. The van der Waals surface area contributed by atoms with Crippen LogP contribution >= 0.6 is 19.6 Å². The zero-order valence-corrected chi connectivity index (χ0v) is 19.3. The van der Waals surface area contributed by atoms with E-state index in [1.54, 1.807) is 0 Å². The van der Waals surface area contributed by atoms with Crippen LogP contribution in [-0.2, 0) is 18.4 Å². The summed E-state index contributed by atoms with van der Waals surface area (Å²) in [5, 5.41) is 16.1. The van der Waals surface area contributed by atoms with Gasteiger partial charge in [-0.3, -0.25) is 9.36 Å². The minimum Gasteiger partial charge on any atom is -0.756 e. The van der Waals surface area contributed by atoms with Crippen molar-refractivity contribution in [2.75, 3.05) is 19.5 Å². The summed E-state index contributed by atoms with van der Waals surface area (Å²) < 4.78 is 19.7. The molecule has 11 heteroatoms. The quantitative estimate of drug-likeness (QED) is 0.179. The van der Waals surface area contributed by atoms with Crippen molar-refractivity contribution in [3.8, 4) is 0 Å². The lowest BCUT2D eigenvalue weighted by Crippen LogP contribution is -2.36. The fourth-order valence-corrected chi connectivity index (χ4v) is 5.81. The lowest BCUT2D eigenvalue weighted by Gasteiger charge is -2.21. The minimum absolute atomic E-state index is 0.0623. The van der Waals surface area contributed by atoms with E-state index in [1.165, 1.54) is 0 Å². The maximum Gasteiger partial charge on any atom is 0.315 e. The van der Waals surface area contributed by atoms with Crippen LogP contribution in [0.25, 0.3) is 0 Å². The Balaban J connectivity index is 1.41. The SMILES string of the molecule is COP(=O)([O-])OCC(O)CCCCCCC(=O)CCCCC1SCC2NC(=O)NC21. The summed E-state index contributed by atoms with van der Waals surface area (Å²) in [5.74, 6) is 1.26. The van der Waals surface area contributed by atoms with Crippen LogP contribution < -0.4 is 15.5 Å². The third kappa shape index (κ3) is 9.24. The molecule has 0 aromatic heterocycles. The van der Waals surface area contributed by atoms with E-state index < -0.39 is 13.9 Å². The lowest BCUT2D eigenvalue weighted by molar-refractivity contribution is -0.224. The first-order chi connectivity index (χ1) is 14.3. The molecule has 9 nitrogen and oxygen atoms in total. The van der Waals surface area contributed by atoms with E-state index >= 15 is 0 Å². The van der Waals surface area contributed by atoms with E-state index in [2.05, 4.69) is 19.7 Å². The number of unbranched alkanes of at least 4 members (excludes halogenated alkanes) is 4. The van der Waals surface area contributed by atoms with Gasteiger partial charge in [0.2, 0.25) is 0 Å². The normalized spacial score (nSPS) is 26.0. The fraction of sp³-hybridized carbons (Fsp3) is 0.895. The maximum absolute atomic E-state index is 12.0. The van der Waals surface area contributed by atoms with Crippen molar-refractivity contribution in [3.05, 3.63) is 0 Å². The Hall–Kier alpha value is -0.640. The smallest absolute Gasteiger partial charge is 0.315 e. The molecule has 174 valence electrons. The molecule has 0 aromatic rings. The number of aliphatic hydroxyl groups is 1. The minimum atomic E-state index is -4.28. The number of aliphatic hydroxyl groups excluding tert-OH is 1. The molecule has 30 heavy (non-hydrogen) atoms. The largest absolute Gasteiger partial charge is 0.756 e. The first-order valence-electron chi connectivity index (χ1n) is 10.7. The number of carbonyl (C=O) groups is 2. The molecule has 2 aliphatic heterocycles. The van der Waals surface area contributed by atoms with Crippen LogP contribution in [-0.4, -0.2) is 59.8 Å². The molecule has 0 radical (unpaired) electrons. The summed E-state index contributed by atoms with van der Waals surface area (Å²) in [5.41, 5.74) is 0. The monoisotopic (exact) mass is 465 g/mol. The van der Waals surface area contributed by atoms with Crippen molar-refractivity contribution < 1.29 is 33.2 Å². The fourth-order valence-electron chi connectivity index (χ4n) is 3.80. The first kappa shape index (κ1) is 25.6. The van der Waals surface area contributed by atoms with Crippen LogP contribution in [0.4, 0.5) is 4.79 Å².